The van der Waals surface area contributed by atoms with E-state index in [4.69, 9.17) is 5.84 Å². The van der Waals surface area contributed by atoms with Crippen molar-refractivity contribution in [3.8, 4) is 0 Å². The fourth-order valence-corrected chi connectivity index (χ4v) is 3.61. The number of carbonyl (C=O) groups excluding carboxylic acids is 2. The first-order valence-electron chi connectivity index (χ1n) is 6.93. The van der Waals surface area contributed by atoms with E-state index in [0.29, 0.717) is 23.8 Å². The van der Waals surface area contributed by atoms with Gasteiger partial charge in [0.2, 0.25) is 5.91 Å². The van der Waals surface area contributed by atoms with Crippen LogP contribution in [0.4, 0.5) is 0 Å². The molecule has 1 atom stereocenters. The van der Waals surface area contributed by atoms with Crippen molar-refractivity contribution < 1.29 is 9.59 Å². The van der Waals surface area contributed by atoms with Crippen molar-refractivity contribution >= 4 is 23.2 Å². The minimum absolute atomic E-state index is 0.221. The topological polar surface area (TPSA) is 75.4 Å². The third-order valence-electron chi connectivity index (χ3n) is 3.73. The molecule has 3 N–H and O–H groups in total. The van der Waals surface area contributed by atoms with Crippen LogP contribution in [0.25, 0.3) is 0 Å². The van der Waals surface area contributed by atoms with E-state index in [2.05, 4.69) is 12.3 Å². The van der Waals surface area contributed by atoms with E-state index in [9.17, 15) is 9.59 Å². The Morgan fingerprint density at radius 3 is 3.00 bits per heavy atom. The number of rotatable bonds is 5. The van der Waals surface area contributed by atoms with E-state index in [0.717, 1.165) is 29.8 Å². The summed E-state index contributed by atoms with van der Waals surface area (Å²) < 4.78 is 0. The summed E-state index contributed by atoms with van der Waals surface area (Å²) in [6.07, 6.45) is 2.88. The van der Waals surface area contributed by atoms with Crippen molar-refractivity contribution in [3.05, 3.63) is 21.4 Å². The number of hydrogen-bond donors (Lipinski definition) is 2. The normalized spacial score (nSPS) is 18.6. The third-order valence-corrected chi connectivity index (χ3v) is 4.82. The number of nitrogens with one attached hydrogen (secondary N) is 1. The third kappa shape index (κ3) is 3.19. The highest BCUT2D eigenvalue weighted by Crippen LogP contribution is 2.27. The summed E-state index contributed by atoms with van der Waals surface area (Å²) in [5, 5.41) is 0. The van der Waals surface area contributed by atoms with Crippen molar-refractivity contribution in [3.63, 3.8) is 0 Å². The molecule has 5 nitrogen and oxygen atoms in total. The molecular weight excluding hydrogens is 274 g/mol. The number of carbonyl (C=O) groups is 2. The molecule has 1 aromatic heterocycles. The van der Waals surface area contributed by atoms with Gasteiger partial charge < -0.3 is 4.90 Å². The first-order valence-corrected chi connectivity index (χ1v) is 7.74. The Morgan fingerprint density at radius 2 is 2.35 bits per heavy atom. The van der Waals surface area contributed by atoms with Crippen LogP contribution >= 0.6 is 11.3 Å². The summed E-state index contributed by atoms with van der Waals surface area (Å²) >= 11 is 1.41. The fraction of sp³-hybridized carbons (Fsp3) is 0.571. The molecule has 1 aliphatic heterocycles. The number of hydrazine groups is 1. The zero-order chi connectivity index (χ0) is 14.7. The largest absolute Gasteiger partial charge is 0.338 e. The van der Waals surface area contributed by atoms with Gasteiger partial charge in [-0.05, 0) is 30.9 Å². The smallest absolute Gasteiger partial charge is 0.275 e. The molecule has 2 amide bonds. The Bertz CT molecular complexity index is 513. The van der Waals surface area contributed by atoms with Crippen LogP contribution in [0.3, 0.4) is 0 Å². The van der Waals surface area contributed by atoms with Crippen LogP contribution in [-0.4, -0.2) is 23.3 Å². The number of hydrogen-bond acceptors (Lipinski definition) is 4. The molecule has 20 heavy (non-hydrogen) atoms. The Hall–Kier alpha value is -1.40. The molecule has 0 radical (unpaired) electrons. The van der Waals surface area contributed by atoms with Gasteiger partial charge in [0.05, 0.1) is 4.88 Å². The zero-order valence-electron chi connectivity index (χ0n) is 11.9. The van der Waals surface area contributed by atoms with Gasteiger partial charge in [0.25, 0.3) is 5.91 Å². The van der Waals surface area contributed by atoms with E-state index in [-0.39, 0.29) is 11.8 Å². The first kappa shape index (κ1) is 15.0. The predicted octanol–water partition coefficient (Wildman–Crippen LogP) is 1.81. The molecule has 0 aromatic carbocycles. The van der Waals surface area contributed by atoms with Gasteiger partial charge in [-0.25, -0.2) is 5.84 Å². The summed E-state index contributed by atoms with van der Waals surface area (Å²) in [5.41, 5.74) is 3.18. The van der Waals surface area contributed by atoms with Crippen LogP contribution in [0.5, 0.6) is 0 Å². The standard InChI is InChI=1S/C14H21N3O2S/c1-3-4-10-5-13(18)17(7-10)8-11-6-12(14(19)16-15)20-9(11)2/h6,10H,3-5,7-8,15H2,1-2H3,(H,16,19). The molecule has 2 rings (SSSR count). The Balaban J connectivity index is 2.05. The van der Waals surface area contributed by atoms with Crippen LogP contribution in [0.2, 0.25) is 0 Å². The van der Waals surface area contributed by atoms with Gasteiger partial charge in [0.1, 0.15) is 0 Å². The number of nitrogen functional groups attached to an aromatic ring is 1. The maximum absolute atomic E-state index is 12.0. The van der Waals surface area contributed by atoms with Crippen molar-refractivity contribution in [1.82, 2.24) is 10.3 Å². The minimum atomic E-state index is -0.277. The summed E-state index contributed by atoms with van der Waals surface area (Å²) in [5.74, 6) is 5.57. The van der Waals surface area contributed by atoms with Crippen LogP contribution in [0, 0.1) is 12.8 Å². The molecule has 1 unspecified atom stereocenters. The summed E-state index contributed by atoms with van der Waals surface area (Å²) in [6.45, 7) is 5.55. The van der Waals surface area contributed by atoms with Gasteiger partial charge in [0, 0.05) is 24.4 Å². The van der Waals surface area contributed by atoms with Crippen molar-refractivity contribution in [2.75, 3.05) is 6.54 Å². The van der Waals surface area contributed by atoms with Gasteiger partial charge >= 0.3 is 0 Å². The number of nitrogens with two attached hydrogens (primary N) is 1. The monoisotopic (exact) mass is 295 g/mol. The first-order chi connectivity index (χ1) is 9.55. The van der Waals surface area contributed by atoms with E-state index >= 15 is 0 Å². The second kappa shape index (κ2) is 6.37. The maximum atomic E-state index is 12.0. The lowest BCUT2D eigenvalue weighted by Crippen LogP contribution is -2.29. The van der Waals surface area contributed by atoms with Crippen LogP contribution in [0.15, 0.2) is 6.07 Å². The second-order valence-electron chi connectivity index (χ2n) is 5.30. The number of amides is 2. The molecule has 0 aliphatic carbocycles. The van der Waals surface area contributed by atoms with Crippen molar-refractivity contribution in [2.45, 2.75) is 39.7 Å². The molecule has 0 saturated carbocycles. The zero-order valence-corrected chi connectivity index (χ0v) is 12.8. The average Bonchev–Trinajstić information content (AvgIpc) is 2.94. The Morgan fingerprint density at radius 1 is 1.60 bits per heavy atom. The Kier molecular flexibility index (Phi) is 4.77. The number of thiophene rings is 1. The maximum Gasteiger partial charge on any atom is 0.275 e. The van der Waals surface area contributed by atoms with Gasteiger partial charge in [-0.15, -0.1) is 11.3 Å². The summed E-state index contributed by atoms with van der Waals surface area (Å²) in [7, 11) is 0. The molecule has 6 heteroatoms. The molecule has 110 valence electrons. The molecule has 1 aromatic rings. The van der Waals surface area contributed by atoms with Gasteiger partial charge in [-0.3, -0.25) is 15.0 Å². The fourth-order valence-electron chi connectivity index (χ4n) is 2.67. The van der Waals surface area contributed by atoms with Crippen LogP contribution < -0.4 is 11.3 Å². The predicted molar refractivity (Wildman–Crippen MR) is 79.1 cm³/mol. The van der Waals surface area contributed by atoms with Gasteiger partial charge in [0.15, 0.2) is 0 Å². The lowest BCUT2D eigenvalue weighted by molar-refractivity contribution is -0.128. The van der Waals surface area contributed by atoms with Crippen LogP contribution in [0.1, 0.15) is 46.3 Å². The highest BCUT2D eigenvalue weighted by atomic mass is 32.1. The molecule has 0 spiro atoms. The van der Waals surface area contributed by atoms with Gasteiger partial charge in [-0.2, -0.15) is 0 Å². The summed E-state index contributed by atoms with van der Waals surface area (Å²) in [6, 6.07) is 1.84. The van der Waals surface area contributed by atoms with E-state index in [1.165, 1.54) is 11.3 Å². The van der Waals surface area contributed by atoms with Crippen molar-refractivity contribution in [1.29, 1.82) is 0 Å². The number of likely N-dealkylation sites (tertiary alicyclic amines) is 1. The van der Waals surface area contributed by atoms with Gasteiger partial charge in [-0.1, -0.05) is 13.3 Å². The summed E-state index contributed by atoms with van der Waals surface area (Å²) in [4.78, 5) is 27.1. The lowest BCUT2D eigenvalue weighted by Gasteiger charge is -2.16. The van der Waals surface area contributed by atoms with Crippen LogP contribution in [-0.2, 0) is 11.3 Å². The average molecular weight is 295 g/mol. The molecule has 1 fully saturated rings. The number of aryl methyl sites for hydroxylation is 1. The molecule has 1 aliphatic rings. The van der Waals surface area contributed by atoms with E-state index in [1.807, 2.05) is 17.9 Å². The van der Waals surface area contributed by atoms with E-state index < -0.39 is 0 Å². The second-order valence-corrected chi connectivity index (χ2v) is 6.55. The Labute approximate surface area is 123 Å². The molecule has 2 heterocycles. The molecular formula is C14H21N3O2S. The quantitative estimate of drug-likeness (QED) is 0.494. The minimum Gasteiger partial charge on any atom is -0.338 e. The SMILES string of the molecule is CCCC1CC(=O)N(Cc2cc(C(=O)NN)sc2C)C1. The van der Waals surface area contributed by atoms with E-state index in [1.54, 1.807) is 0 Å². The highest BCUT2D eigenvalue weighted by molar-refractivity contribution is 7.14. The lowest BCUT2D eigenvalue weighted by atomic mass is 10.0. The highest BCUT2D eigenvalue weighted by Gasteiger charge is 2.29. The molecule has 1 saturated heterocycles. The molecule has 0 bridgehead atoms. The van der Waals surface area contributed by atoms with Crippen molar-refractivity contribution in [2.24, 2.45) is 11.8 Å². The number of nitrogens with zero attached hydrogens (tertiary/aromatic N) is 1.